The number of aldehydes is 1. The number of piperidine rings is 1. The van der Waals surface area contributed by atoms with Gasteiger partial charge in [-0.05, 0) is 130 Å². The van der Waals surface area contributed by atoms with Gasteiger partial charge in [-0.15, -0.1) is 0 Å². The molecule has 1 aliphatic heterocycles. The molecule has 7 nitrogen and oxygen atoms in total. The molecule has 1 heterocycles. The van der Waals surface area contributed by atoms with Gasteiger partial charge in [-0.3, -0.25) is 9.69 Å². The Kier molecular flexibility index (Phi) is 50.6. The summed E-state index contributed by atoms with van der Waals surface area (Å²) in [7, 11) is 2.25. The Morgan fingerprint density at radius 2 is 0.781 bits per heavy atom. The van der Waals surface area contributed by atoms with Crippen molar-refractivity contribution in [3.05, 3.63) is 0 Å². The molecule has 64 heavy (non-hydrogen) atoms. The van der Waals surface area contributed by atoms with Crippen LogP contribution in [0.2, 0.25) is 0 Å². The molecule has 0 saturated carbocycles. The van der Waals surface area contributed by atoms with E-state index in [2.05, 4.69) is 54.3 Å². The molecule has 0 bridgehead atoms. The second-order valence-electron chi connectivity index (χ2n) is 20.1. The Morgan fingerprint density at radius 3 is 1.16 bits per heavy atom. The zero-order valence-corrected chi connectivity index (χ0v) is 44.6. The van der Waals surface area contributed by atoms with E-state index in [-0.39, 0.29) is 5.97 Å². The van der Waals surface area contributed by atoms with Crippen molar-refractivity contribution in [2.24, 2.45) is 5.92 Å². The molecule has 0 spiro atoms. The lowest BCUT2D eigenvalue weighted by Crippen LogP contribution is -2.37. The van der Waals surface area contributed by atoms with Gasteiger partial charge in [0.2, 0.25) is 0 Å². The molecule has 0 atom stereocenters. The minimum atomic E-state index is -0.0313. The maximum atomic E-state index is 11.4. The minimum Gasteiger partial charge on any atom is -0.466 e. The Balaban J connectivity index is 0.00000125. The molecule has 1 aliphatic rings. The van der Waals surface area contributed by atoms with Gasteiger partial charge < -0.3 is 24.2 Å². The quantitative estimate of drug-likeness (QED) is 0.0342. The van der Waals surface area contributed by atoms with Crippen LogP contribution < -0.4 is 0 Å². The summed E-state index contributed by atoms with van der Waals surface area (Å²) < 4.78 is 5.02. The van der Waals surface area contributed by atoms with Gasteiger partial charge in [0.25, 0.3) is 0 Å². The summed E-state index contributed by atoms with van der Waals surface area (Å²) in [6.07, 6.45) is 49.0. The van der Waals surface area contributed by atoms with Crippen molar-refractivity contribution in [3.63, 3.8) is 0 Å². The van der Waals surface area contributed by atoms with E-state index < -0.39 is 0 Å². The van der Waals surface area contributed by atoms with Crippen LogP contribution in [0.3, 0.4) is 0 Å². The molecule has 0 aliphatic carbocycles. The zero-order valence-electron chi connectivity index (χ0n) is 44.6. The molecule has 7 heteroatoms. The number of carbonyl (C=O) groups excluding carboxylic acids is 2. The molecule has 0 radical (unpaired) electrons. The standard InChI is InChI=1S/C31H64N2O.C26H52N2O2/c1-4-7-10-13-16-19-22-25-32(26-23-20-17-14-11-8-5-2)28-29-33(30-31-34)27-24-21-18-15-12-9-6-3;1-4-6-7-8-9-11-14-20-28(24-19-25-17-22-27(3)23-18-25)21-15-12-10-13-16-26(29)30-5-2/h31H,4-30H2,1-3H3;25H,4-24H2,1-3H3. The van der Waals surface area contributed by atoms with E-state index in [1.807, 2.05) is 6.92 Å². The summed E-state index contributed by atoms with van der Waals surface area (Å²) in [5.41, 5.74) is 0. The predicted molar refractivity (Wildman–Crippen MR) is 282 cm³/mol. The van der Waals surface area contributed by atoms with Crippen molar-refractivity contribution in [1.82, 2.24) is 19.6 Å². The van der Waals surface area contributed by atoms with Crippen LogP contribution in [0.25, 0.3) is 0 Å². The predicted octanol–water partition coefficient (Wildman–Crippen LogP) is 15.3. The molecule has 1 fully saturated rings. The van der Waals surface area contributed by atoms with E-state index in [4.69, 9.17) is 4.74 Å². The third-order valence-electron chi connectivity index (χ3n) is 14.0. The lowest BCUT2D eigenvalue weighted by atomic mass is 9.93. The first-order chi connectivity index (χ1) is 31.4. The average Bonchev–Trinajstić information content (AvgIpc) is 3.29. The Hall–Kier alpha value is -1.02. The number of hydrogen-bond acceptors (Lipinski definition) is 7. The van der Waals surface area contributed by atoms with Gasteiger partial charge in [-0.2, -0.15) is 0 Å². The molecule has 0 aromatic carbocycles. The molecule has 0 aromatic rings. The summed E-state index contributed by atoms with van der Waals surface area (Å²) in [5, 5.41) is 0. The summed E-state index contributed by atoms with van der Waals surface area (Å²) >= 11 is 0. The Labute approximate surface area is 402 Å². The van der Waals surface area contributed by atoms with E-state index in [0.717, 1.165) is 44.7 Å². The van der Waals surface area contributed by atoms with Crippen LogP contribution in [-0.4, -0.2) is 118 Å². The van der Waals surface area contributed by atoms with Crippen molar-refractivity contribution in [1.29, 1.82) is 0 Å². The molecule has 0 amide bonds. The highest BCUT2D eigenvalue weighted by atomic mass is 16.5. The van der Waals surface area contributed by atoms with Gasteiger partial charge in [0.1, 0.15) is 6.29 Å². The third-order valence-corrected chi connectivity index (χ3v) is 14.0. The number of ether oxygens (including phenoxy) is 1. The summed E-state index contributed by atoms with van der Waals surface area (Å²) in [5.74, 6) is 0.901. The number of carbonyl (C=O) groups is 2. The molecular weight excluding hydrogens is 789 g/mol. The van der Waals surface area contributed by atoms with Crippen molar-refractivity contribution < 1.29 is 14.3 Å². The summed E-state index contributed by atoms with van der Waals surface area (Å²) in [4.78, 5) is 33.0. The molecule has 1 rings (SSSR count). The van der Waals surface area contributed by atoms with Crippen LogP contribution in [-0.2, 0) is 14.3 Å². The molecule has 0 aromatic heterocycles. The lowest BCUT2D eigenvalue weighted by molar-refractivity contribution is -0.143. The highest BCUT2D eigenvalue weighted by Gasteiger charge is 2.18. The molecular formula is C57H116N4O3. The second kappa shape index (κ2) is 51.4. The lowest BCUT2D eigenvalue weighted by Gasteiger charge is -2.31. The van der Waals surface area contributed by atoms with Crippen molar-refractivity contribution in [2.45, 2.75) is 266 Å². The first-order valence-corrected chi connectivity index (χ1v) is 28.9. The van der Waals surface area contributed by atoms with Crippen LogP contribution in [0.5, 0.6) is 0 Å². The van der Waals surface area contributed by atoms with Gasteiger partial charge in [-0.1, -0.05) is 195 Å². The van der Waals surface area contributed by atoms with E-state index in [9.17, 15) is 9.59 Å². The fraction of sp³-hybridized carbons (Fsp3) is 0.965. The van der Waals surface area contributed by atoms with E-state index >= 15 is 0 Å². The number of rotatable bonds is 48. The first kappa shape index (κ1) is 63.0. The number of unbranched alkanes of at least 4 members (excludes halogenated alkanes) is 27. The van der Waals surface area contributed by atoms with Gasteiger partial charge in [-0.25, -0.2) is 0 Å². The molecule has 382 valence electrons. The molecule has 0 unspecified atom stereocenters. The van der Waals surface area contributed by atoms with Crippen LogP contribution >= 0.6 is 0 Å². The number of hydrogen-bond donors (Lipinski definition) is 0. The van der Waals surface area contributed by atoms with Crippen molar-refractivity contribution in [2.75, 3.05) is 85.6 Å². The zero-order chi connectivity index (χ0) is 46.8. The first-order valence-electron chi connectivity index (χ1n) is 28.9. The fourth-order valence-electron chi connectivity index (χ4n) is 9.43. The normalized spacial score (nSPS) is 13.6. The van der Waals surface area contributed by atoms with Crippen LogP contribution in [0, 0.1) is 5.92 Å². The second-order valence-corrected chi connectivity index (χ2v) is 20.1. The Morgan fingerprint density at radius 1 is 0.453 bits per heavy atom. The maximum absolute atomic E-state index is 11.4. The highest BCUT2D eigenvalue weighted by Crippen LogP contribution is 2.21. The van der Waals surface area contributed by atoms with Gasteiger partial charge in [0.15, 0.2) is 0 Å². The van der Waals surface area contributed by atoms with Crippen LogP contribution in [0.1, 0.15) is 266 Å². The van der Waals surface area contributed by atoms with Crippen LogP contribution in [0.4, 0.5) is 0 Å². The van der Waals surface area contributed by atoms with E-state index in [0.29, 0.717) is 19.6 Å². The third kappa shape index (κ3) is 44.8. The van der Waals surface area contributed by atoms with Crippen molar-refractivity contribution >= 4 is 12.3 Å². The number of esters is 1. The SMILES string of the molecule is CCCCCCCCCN(CC=O)CCN(CCCCCCCCC)CCCCCCCCC.CCCCCCCCCN(CCCCCCC(=O)OCC)CCC1CCN(C)CC1. The Bertz CT molecular complexity index is 910. The van der Waals surface area contributed by atoms with Crippen molar-refractivity contribution in [3.8, 4) is 0 Å². The molecule has 1 saturated heterocycles. The van der Waals surface area contributed by atoms with Gasteiger partial charge in [0, 0.05) is 19.5 Å². The van der Waals surface area contributed by atoms with Gasteiger partial charge >= 0.3 is 5.97 Å². The fourth-order valence-corrected chi connectivity index (χ4v) is 9.43. The topological polar surface area (TPSA) is 56.3 Å². The van der Waals surface area contributed by atoms with Gasteiger partial charge in [0.05, 0.1) is 13.2 Å². The van der Waals surface area contributed by atoms with Crippen LogP contribution in [0.15, 0.2) is 0 Å². The van der Waals surface area contributed by atoms with E-state index in [1.54, 1.807) is 0 Å². The summed E-state index contributed by atoms with van der Waals surface area (Å²) in [6, 6.07) is 0. The smallest absolute Gasteiger partial charge is 0.305 e. The number of likely N-dealkylation sites (tertiary alicyclic amines) is 1. The minimum absolute atomic E-state index is 0.0313. The average molecular weight is 906 g/mol. The summed E-state index contributed by atoms with van der Waals surface area (Å²) in [6.45, 7) is 24.3. The number of nitrogens with zero attached hydrogens (tertiary/aromatic N) is 4. The maximum Gasteiger partial charge on any atom is 0.305 e. The monoisotopic (exact) mass is 905 g/mol. The van der Waals surface area contributed by atoms with E-state index in [1.165, 1.54) is 258 Å². The largest absolute Gasteiger partial charge is 0.466 e. The highest BCUT2D eigenvalue weighted by molar-refractivity contribution is 5.69. The molecule has 0 N–H and O–H groups in total.